The first-order chi connectivity index (χ1) is 12.9. The van der Waals surface area contributed by atoms with Crippen LogP contribution in [0.3, 0.4) is 0 Å². The number of hydrogen-bond donors (Lipinski definition) is 0. The maximum absolute atomic E-state index is 5.77. The smallest absolute Gasteiger partial charge is 0.119 e. The molecule has 146 valence electrons. The van der Waals surface area contributed by atoms with E-state index in [1.165, 1.54) is 24.1 Å². The SMILES string of the molecule is CC(C)Oc1ccc(CN2CCC(C)C(c3ccccc3C(C)C)C2)cc1. The van der Waals surface area contributed by atoms with Gasteiger partial charge >= 0.3 is 0 Å². The fourth-order valence-corrected chi connectivity index (χ4v) is 4.26. The van der Waals surface area contributed by atoms with Gasteiger partial charge in [0.05, 0.1) is 6.10 Å². The molecule has 2 unspecified atom stereocenters. The Labute approximate surface area is 165 Å². The normalized spacial score (nSPS) is 21.0. The van der Waals surface area contributed by atoms with E-state index in [4.69, 9.17) is 4.74 Å². The van der Waals surface area contributed by atoms with Gasteiger partial charge < -0.3 is 4.74 Å². The number of benzene rings is 2. The fraction of sp³-hybridized carbons (Fsp3) is 0.520. The second-order valence-electron chi connectivity index (χ2n) is 8.70. The zero-order chi connectivity index (χ0) is 19.4. The molecule has 1 heterocycles. The maximum Gasteiger partial charge on any atom is 0.119 e. The topological polar surface area (TPSA) is 12.5 Å². The molecule has 2 atom stereocenters. The fourth-order valence-electron chi connectivity index (χ4n) is 4.26. The van der Waals surface area contributed by atoms with E-state index >= 15 is 0 Å². The number of nitrogens with zero attached hydrogens (tertiary/aromatic N) is 1. The summed E-state index contributed by atoms with van der Waals surface area (Å²) in [4.78, 5) is 2.63. The second-order valence-corrected chi connectivity index (χ2v) is 8.70. The minimum Gasteiger partial charge on any atom is -0.491 e. The van der Waals surface area contributed by atoms with Crippen molar-refractivity contribution in [3.63, 3.8) is 0 Å². The van der Waals surface area contributed by atoms with Crippen molar-refractivity contribution in [1.29, 1.82) is 0 Å². The van der Waals surface area contributed by atoms with Crippen LogP contribution in [0.25, 0.3) is 0 Å². The minimum absolute atomic E-state index is 0.223. The monoisotopic (exact) mass is 365 g/mol. The molecule has 2 heteroatoms. The largest absolute Gasteiger partial charge is 0.491 e. The van der Waals surface area contributed by atoms with Crippen molar-refractivity contribution in [3.8, 4) is 5.75 Å². The number of likely N-dealkylation sites (tertiary alicyclic amines) is 1. The van der Waals surface area contributed by atoms with Gasteiger partial charge in [-0.25, -0.2) is 0 Å². The zero-order valence-corrected chi connectivity index (χ0v) is 17.6. The lowest BCUT2D eigenvalue weighted by atomic mass is 9.78. The van der Waals surface area contributed by atoms with Crippen LogP contribution >= 0.6 is 0 Å². The Balaban J connectivity index is 1.70. The van der Waals surface area contributed by atoms with E-state index in [1.54, 1.807) is 5.56 Å². The van der Waals surface area contributed by atoms with Gasteiger partial charge in [-0.3, -0.25) is 4.90 Å². The van der Waals surface area contributed by atoms with Gasteiger partial charge in [0.1, 0.15) is 5.75 Å². The van der Waals surface area contributed by atoms with Gasteiger partial charge in [-0.2, -0.15) is 0 Å². The molecule has 0 bridgehead atoms. The highest BCUT2D eigenvalue weighted by molar-refractivity contribution is 5.34. The summed E-state index contributed by atoms with van der Waals surface area (Å²) < 4.78 is 5.77. The van der Waals surface area contributed by atoms with Gasteiger partial charge in [-0.1, -0.05) is 57.2 Å². The number of piperidine rings is 1. The van der Waals surface area contributed by atoms with Crippen LogP contribution in [0.4, 0.5) is 0 Å². The van der Waals surface area contributed by atoms with E-state index in [0.29, 0.717) is 11.8 Å². The van der Waals surface area contributed by atoms with Crippen molar-refractivity contribution in [2.75, 3.05) is 13.1 Å². The molecular formula is C25H35NO. The van der Waals surface area contributed by atoms with Crippen LogP contribution in [0.1, 0.15) is 69.6 Å². The van der Waals surface area contributed by atoms with Crippen LogP contribution in [0.2, 0.25) is 0 Å². The first-order valence-electron chi connectivity index (χ1n) is 10.5. The molecule has 2 aromatic rings. The highest BCUT2D eigenvalue weighted by Gasteiger charge is 2.29. The molecule has 0 amide bonds. The lowest BCUT2D eigenvalue weighted by Gasteiger charge is -2.38. The minimum atomic E-state index is 0.223. The molecule has 2 nitrogen and oxygen atoms in total. The number of hydrogen-bond acceptors (Lipinski definition) is 2. The highest BCUT2D eigenvalue weighted by atomic mass is 16.5. The van der Waals surface area contributed by atoms with Gasteiger partial charge in [0, 0.05) is 13.1 Å². The molecular weight excluding hydrogens is 330 g/mol. The molecule has 0 N–H and O–H groups in total. The summed E-state index contributed by atoms with van der Waals surface area (Å²) in [7, 11) is 0. The van der Waals surface area contributed by atoms with Crippen LogP contribution in [-0.2, 0) is 6.54 Å². The molecule has 1 fully saturated rings. The van der Waals surface area contributed by atoms with Crippen molar-refractivity contribution in [3.05, 3.63) is 65.2 Å². The molecule has 1 saturated heterocycles. The van der Waals surface area contributed by atoms with Crippen molar-refractivity contribution < 1.29 is 4.74 Å². The molecule has 0 saturated carbocycles. The predicted molar refractivity (Wildman–Crippen MR) is 115 cm³/mol. The van der Waals surface area contributed by atoms with E-state index in [2.05, 4.69) is 88.0 Å². The average Bonchev–Trinajstić information content (AvgIpc) is 2.64. The van der Waals surface area contributed by atoms with Gasteiger partial charge in [0.2, 0.25) is 0 Å². The quantitative estimate of drug-likeness (QED) is 0.602. The first-order valence-corrected chi connectivity index (χ1v) is 10.5. The number of ether oxygens (including phenoxy) is 1. The third kappa shape index (κ3) is 5.13. The molecule has 27 heavy (non-hydrogen) atoms. The second kappa shape index (κ2) is 8.93. The van der Waals surface area contributed by atoms with Gasteiger partial charge in [0.25, 0.3) is 0 Å². The van der Waals surface area contributed by atoms with Crippen LogP contribution in [-0.4, -0.2) is 24.1 Å². The van der Waals surface area contributed by atoms with E-state index in [-0.39, 0.29) is 6.10 Å². The summed E-state index contributed by atoms with van der Waals surface area (Å²) in [6.45, 7) is 14.5. The zero-order valence-electron chi connectivity index (χ0n) is 17.6. The van der Waals surface area contributed by atoms with Crippen molar-refractivity contribution in [2.24, 2.45) is 5.92 Å². The molecule has 1 aliphatic heterocycles. The van der Waals surface area contributed by atoms with Crippen molar-refractivity contribution in [2.45, 2.75) is 65.5 Å². The molecule has 0 spiro atoms. The predicted octanol–water partition coefficient (Wildman–Crippen LogP) is 6.22. The van der Waals surface area contributed by atoms with Gasteiger partial charge in [0.15, 0.2) is 0 Å². The Bertz CT molecular complexity index is 719. The summed E-state index contributed by atoms with van der Waals surface area (Å²) >= 11 is 0. The van der Waals surface area contributed by atoms with Crippen molar-refractivity contribution >= 4 is 0 Å². The van der Waals surface area contributed by atoms with Crippen molar-refractivity contribution in [1.82, 2.24) is 4.90 Å². The Morgan fingerprint density at radius 3 is 2.37 bits per heavy atom. The third-order valence-corrected chi connectivity index (χ3v) is 5.76. The molecule has 0 radical (unpaired) electrons. The van der Waals surface area contributed by atoms with E-state index < -0.39 is 0 Å². The summed E-state index contributed by atoms with van der Waals surface area (Å²) in [6, 6.07) is 17.7. The van der Waals surface area contributed by atoms with Gasteiger partial charge in [-0.15, -0.1) is 0 Å². The summed E-state index contributed by atoms with van der Waals surface area (Å²) in [6.07, 6.45) is 1.49. The van der Waals surface area contributed by atoms with Gasteiger partial charge in [-0.05, 0) is 73.4 Å². The van der Waals surface area contributed by atoms with Crippen LogP contribution < -0.4 is 4.74 Å². The van der Waals surface area contributed by atoms with Crippen LogP contribution in [0, 0.1) is 5.92 Å². The Kier molecular flexibility index (Phi) is 6.59. The lowest BCUT2D eigenvalue weighted by molar-refractivity contribution is 0.159. The summed E-state index contributed by atoms with van der Waals surface area (Å²) in [5.74, 6) is 2.91. The molecule has 0 aromatic heterocycles. The Morgan fingerprint density at radius 2 is 1.70 bits per heavy atom. The third-order valence-electron chi connectivity index (χ3n) is 5.76. The lowest BCUT2D eigenvalue weighted by Crippen LogP contribution is -2.38. The molecule has 3 rings (SSSR count). The summed E-state index contributed by atoms with van der Waals surface area (Å²) in [5, 5.41) is 0. The van der Waals surface area contributed by atoms with E-state index in [0.717, 1.165) is 24.8 Å². The highest BCUT2D eigenvalue weighted by Crippen LogP contribution is 2.36. The van der Waals surface area contributed by atoms with E-state index in [9.17, 15) is 0 Å². The average molecular weight is 366 g/mol. The molecule has 1 aliphatic rings. The number of rotatable bonds is 6. The van der Waals surface area contributed by atoms with Crippen LogP contribution in [0.15, 0.2) is 48.5 Å². The van der Waals surface area contributed by atoms with Crippen LogP contribution in [0.5, 0.6) is 5.75 Å². The maximum atomic E-state index is 5.77. The van der Waals surface area contributed by atoms with E-state index in [1.807, 2.05) is 0 Å². The Morgan fingerprint density at radius 1 is 1.00 bits per heavy atom. The Hall–Kier alpha value is -1.80. The molecule has 2 aromatic carbocycles. The molecule has 0 aliphatic carbocycles. The standard InChI is InChI=1S/C25H35NO/c1-18(2)23-8-6-7-9-24(23)25-17-26(15-14-20(25)5)16-21-10-12-22(13-11-21)27-19(3)4/h6-13,18-20,25H,14-17H2,1-5H3. The first kappa shape index (κ1) is 19.9. The summed E-state index contributed by atoms with van der Waals surface area (Å²) in [5.41, 5.74) is 4.45.